The highest BCUT2D eigenvalue weighted by molar-refractivity contribution is 5.97. The Hall–Kier alpha value is -1.15. The van der Waals surface area contributed by atoms with Crippen LogP contribution < -0.4 is 0 Å². The molecule has 0 heterocycles. The van der Waals surface area contributed by atoms with Crippen LogP contribution in [0.15, 0.2) is 34.9 Å². The van der Waals surface area contributed by atoms with E-state index in [2.05, 4.69) is 32.1 Å². The van der Waals surface area contributed by atoms with Gasteiger partial charge in [0.1, 0.15) is 0 Å². The van der Waals surface area contributed by atoms with Gasteiger partial charge in [-0.1, -0.05) is 32.1 Å². The van der Waals surface area contributed by atoms with Gasteiger partial charge in [0, 0.05) is 6.42 Å². The maximum atomic E-state index is 11.9. The molecule has 0 bridgehead atoms. The van der Waals surface area contributed by atoms with Crippen molar-refractivity contribution < 1.29 is 9.90 Å². The Bertz CT molecular complexity index is 566. The number of allylic oxidation sites excluding steroid dienone is 5. The lowest BCUT2D eigenvalue weighted by Crippen LogP contribution is -2.30. The van der Waals surface area contributed by atoms with E-state index in [1.807, 2.05) is 6.92 Å². The minimum Gasteiger partial charge on any atom is -0.392 e. The van der Waals surface area contributed by atoms with Crippen LogP contribution in [0.4, 0.5) is 0 Å². The van der Waals surface area contributed by atoms with Gasteiger partial charge in [0.25, 0.3) is 0 Å². The summed E-state index contributed by atoms with van der Waals surface area (Å²) in [7, 11) is 0. The van der Waals surface area contributed by atoms with Crippen molar-refractivity contribution in [3.05, 3.63) is 34.9 Å². The van der Waals surface area contributed by atoms with Gasteiger partial charge in [0.2, 0.25) is 0 Å². The Morgan fingerprint density at radius 3 is 2.82 bits per heavy atom. The molecule has 3 aliphatic rings. The third kappa shape index (κ3) is 2.62. The van der Waals surface area contributed by atoms with E-state index in [0.29, 0.717) is 17.8 Å². The standard InChI is InChI=1S/C20H28O2/c1-13-6-9-18-15(5-4-10-20(13,18)3)7-8-16-11-17(21)12-19(22)14(16)2/h5,7-8,13,17-18,21H,4,6,9-12H2,1-3H3/b8-7+. The van der Waals surface area contributed by atoms with Gasteiger partial charge < -0.3 is 5.11 Å². The molecule has 1 fully saturated rings. The zero-order chi connectivity index (χ0) is 15.9. The Balaban J connectivity index is 1.82. The second-order valence-corrected chi connectivity index (χ2v) is 7.75. The minimum absolute atomic E-state index is 0.0929. The van der Waals surface area contributed by atoms with Gasteiger partial charge in [-0.2, -0.15) is 0 Å². The summed E-state index contributed by atoms with van der Waals surface area (Å²) in [6.07, 6.45) is 12.2. The molecule has 0 aromatic carbocycles. The lowest BCUT2D eigenvalue weighted by molar-refractivity contribution is -0.117. The summed E-state index contributed by atoms with van der Waals surface area (Å²) in [5.74, 6) is 1.56. The molecule has 3 aliphatic carbocycles. The molecule has 0 aromatic rings. The van der Waals surface area contributed by atoms with Crippen molar-refractivity contribution in [3.63, 3.8) is 0 Å². The average molecular weight is 300 g/mol. The molecule has 3 rings (SSSR count). The highest BCUT2D eigenvalue weighted by Crippen LogP contribution is 2.55. The van der Waals surface area contributed by atoms with Crippen LogP contribution in [0.5, 0.6) is 0 Å². The number of hydrogen-bond acceptors (Lipinski definition) is 2. The minimum atomic E-state index is -0.507. The van der Waals surface area contributed by atoms with Crippen molar-refractivity contribution >= 4 is 5.78 Å². The molecular weight excluding hydrogens is 272 g/mol. The molecule has 0 aromatic heterocycles. The van der Waals surface area contributed by atoms with Crippen molar-refractivity contribution in [2.75, 3.05) is 0 Å². The number of Topliss-reactive ketones (excluding diaryl/α,β-unsaturated/α-hetero) is 1. The second-order valence-electron chi connectivity index (χ2n) is 7.75. The van der Waals surface area contributed by atoms with E-state index in [1.54, 1.807) is 0 Å². The van der Waals surface area contributed by atoms with E-state index < -0.39 is 6.10 Å². The quantitative estimate of drug-likeness (QED) is 0.823. The SMILES string of the molecule is CC1=C(/C=C/C2=CCCC3(C)C(C)CCC23)CC(O)CC1=O. The van der Waals surface area contributed by atoms with Crippen LogP contribution in [0.2, 0.25) is 0 Å². The molecule has 0 spiro atoms. The van der Waals surface area contributed by atoms with Crippen LogP contribution in [-0.2, 0) is 4.79 Å². The normalized spacial score (nSPS) is 39.4. The first-order valence-electron chi connectivity index (χ1n) is 8.71. The van der Waals surface area contributed by atoms with E-state index >= 15 is 0 Å². The molecule has 2 heteroatoms. The Labute approximate surface area is 134 Å². The fourth-order valence-electron chi connectivity index (χ4n) is 4.68. The smallest absolute Gasteiger partial charge is 0.161 e. The van der Waals surface area contributed by atoms with E-state index in [9.17, 15) is 9.90 Å². The first-order chi connectivity index (χ1) is 10.4. The van der Waals surface area contributed by atoms with Gasteiger partial charge in [-0.25, -0.2) is 0 Å². The van der Waals surface area contributed by atoms with Crippen LogP contribution in [0.25, 0.3) is 0 Å². The highest BCUT2D eigenvalue weighted by Gasteiger charge is 2.46. The van der Waals surface area contributed by atoms with Gasteiger partial charge in [0.15, 0.2) is 5.78 Å². The van der Waals surface area contributed by atoms with Gasteiger partial charge in [0.05, 0.1) is 6.10 Å². The molecule has 1 saturated carbocycles. The molecule has 0 saturated heterocycles. The number of aliphatic hydroxyl groups is 1. The number of hydrogen-bond donors (Lipinski definition) is 1. The van der Waals surface area contributed by atoms with Crippen molar-refractivity contribution in [1.82, 2.24) is 0 Å². The van der Waals surface area contributed by atoms with Crippen LogP contribution in [-0.4, -0.2) is 17.0 Å². The molecule has 4 atom stereocenters. The number of aliphatic hydroxyl groups excluding tert-OH is 1. The highest BCUT2D eigenvalue weighted by atomic mass is 16.3. The first kappa shape index (κ1) is 15.7. The zero-order valence-corrected chi connectivity index (χ0v) is 14.1. The molecule has 0 aliphatic heterocycles. The van der Waals surface area contributed by atoms with Crippen LogP contribution in [0.1, 0.15) is 59.3 Å². The largest absolute Gasteiger partial charge is 0.392 e. The monoisotopic (exact) mass is 300 g/mol. The van der Waals surface area contributed by atoms with Gasteiger partial charge in [-0.15, -0.1) is 0 Å². The topological polar surface area (TPSA) is 37.3 Å². The maximum absolute atomic E-state index is 11.9. The summed E-state index contributed by atoms with van der Waals surface area (Å²) in [6.45, 7) is 6.75. The predicted molar refractivity (Wildman–Crippen MR) is 89.4 cm³/mol. The lowest BCUT2D eigenvalue weighted by Gasteiger charge is -2.39. The number of ketones is 1. The second kappa shape index (κ2) is 5.81. The number of carbonyl (C=O) groups is 1. The van der Waals surface area contributed by atoms with Crippen molar-refractivity contribution in [2.24, 2.45) is 17.3 Å². The average Bonchev–Trinajstić information content (AvgIpc) is 2.77. The Morgan fingerprint density at radius 2 is 2.05 bits per heavy atom. The van der Waals surface area contributed by atoms with Gasteiger partial charge in [-0.05, 0) is 73.0 Å². The number of fused-ring (bicyclic) bond motifs is 1. The van der Waals surface area contributed by atoms with E-state index in [1.165, 1.54) is 24.8 Å². The third-order valence-corrected chi connectivity index (χ3v) is 6.53. The fraction of sp³-hybridized carbons (Fsp3) is 0.650. The summed E-state index contributed by atoms with van der Waals surface area (Å²) in [6, 6.07) is 0. The molecule has 0 amide bonds. The number of carbonyl (C=O) groups excluding carboxylic acids is 1. The van der Waals surface area contributed by atoms with Gasteiger partial charge in [-0.3, -0.25) is 4.79 Å². The Morgan fingerprint density at radius 1 is 1.27 bits per heavy atom. The molecule has 120 valence electrons. The molecule has 2 nitrogen and oxygen atoms in total. The summed E-state index contributed by atoms with van der Waals surface area (Å²) < 4.78 is 0. The summed E-state index contributed by atoms with van der Waals surface area (Å²) in [5.41, 5.74) is 3.74. The van der Waals surface area contributed by atoms with Crippen molar-refractivity contribution in [2.45, 2.75) is 65.4 Å². The predicted octanol–water partition coefficient (Wildman–Crippen LogP) is 4.36. The summed E-state index contributed by atoms with van der Waals surface area (Å²) in [4.78, 5) is 11.9. The van der Waals surface area contributed by atoms with Gasteiger partial charge >= 0.3 is 0 Å². The van der Waals surface area contributed by atoms with E-state index in [4.69, 9.17) is 0 Å². The van der Waals surface area contributed by atoms with E-state index in [0.717, 1.165) is 23.5 Å². The molecule has 4 unspecified atom stereocenters. The molecule has 0 radical (unpaired) electrons. The van der Waals surface area contributed by atoms with Crippen molar-refractivity contribution in [3.8, 4) is 0 Å². The fourth-order valence-corrected chi connectivity index (χ4v) is 4.68. The molecule has 1 N–H and O–H groups in total. The van der Waals surface area contributed by atoms with Crippen LogP contribution in [0.3, 0.4) is 0 Å². The van der Waals surface area contributed by atoms with E-state index in [-0.39, 0.29) is 12.2 Å². The molecular formula is C20H28O2. The summed E-state index contributed by atoms with van der Waals surface area (Å²) in [5, 5.41) is 9.83. The maximum Gasteiger partial charge on any atom is 0.161 e. The summed E-state index contributed by atoms with van der Waals surface area (Å²) >= 11 is 0. The Kier molecular flexibility index (Phi) is 4.15. The number of rotatable bonds is 2. The van der Waals surface area contributed by atoms with Crippen LogP contribution in [0, 0.1) is 17.3 Å². The zero-order valence-electron chi connectivity index (χ0n) is 14.1. The van der Waals surface area contributed by atoms with Crippen molar-refractivity contribution in [1.29, 1.82) is 0 Å². The lowest BCUT2D eigenvalue weighted by atomic mass is 9.65. The first-order valence-corrected chi connectivity index (χ1v) is 8.71. The molecule has 22 heavy (non-hydrogen) atoms. The van der Waals surface area contributed by atoms with Crippen LogP contribution >= 0.6 is 0 Å². The third-order valence-electron chi connectivity index (χ3n) is 6.53.